The number of aliphatic carboxylic acids is 1. The zero-order valence-electron chi connectivity index (χ0n) is 16.4. The highest BCUT2D eigenvalue weighted by molar-refractivity contribution is 5.96. The quantitative estimate of drug-likeness (QED) is 0.583. The maximum absolute atomic E-state index is 12.0. The summed E-state index contributed by atoms with van der Waals surface area (Å²) in [7, 11) is 0. The summed E-state index contributed by atoms with van der Waals surface area (Å²) in [5, 5.41) is 11.1. The summed E-state index contributed by atoms with van der Waals surface area (Å²) >= 11 is 0. The molecule has 0 radical (unpaired) electrons. The monoisotopic (exact) mass is 409 g/mol. The number of ketones is 2. The summed E-state index contributed by atoms with van der Waals surface area (Å²) in [5.74, 6) is -1.94. The Morgan fingerprint density at radius 3 is 2.00 bits per heavy atom. The van der Waals surface area contributed by atoms with Gasteiger partial charge in [-0.05, 0) is 22.3 Å². The van der Waals surface area contributed by atoms with E-state index >= 15 is 0 Å². The number of carboxylic acids is 1. The molecule has 0 heterocycles. The molecule has 1 amide bonds. The van der Waals surface area contributed by atoms with Crippen molar-refractivity contribution in [1.82, 2.24) is 5.32 Å². The highest BCUT2D eigenvalue weighted by atomic mass is 16.5. The first-order valence-corrected chi connectivity index (χ1v) is 9.79. The molecule has 7 nitrogen and oxygen atoms in total. The van der Waals surface area contributed by atoms with Crippen molar-refractivity contribution in [3.05, 3.63) is 59.7 Å². The first-order chi connectivity index (χ1) is 14.5. The Balaban J connectivity index is 1.43. The van der Waals surface area contributed by atoms with E-state index in [0.717, 1.165) is 22.3 Å². The number of rotatable bonds is 10. The molecule has 1 aliphatic carbocycles. The van der Waals surface area contributed by atoms with Gasteiger partial charge in [-0.3, -0.25) is 14.4 Å². The van der Waals surface area contributed by atoms with Gasteiger partial charge in [0.15, 0.2) is 0 Å². The number of benzene rings is 2. The summed E-state index contributed by atoms with van der Waals surface area (Å²) in [6.07, 6.45) is -1.25. The molecule has 0 saturated carbocycles. The van der Waals surface area contributed by atoms with E-state index in [1.807, 2.05) is 36.4 Å². The third-order valence-corrected chi connectivity index (χ3v) is 5.05. The molecule has 0 atom stereocenters. The predicted octanol–water partition coefficient (Wildman–Crippen LogP) is 3.31. The van der Waals surface area contributed by atoms with E-state index in [-0.39, 0.29) is 44.1 Å². The average molecular weight is 409 g/mol. The fraction of sp³-hybridized carbons (Fsp3) is 0.304. The molecule has 0 aliphatic heterocycles. The number of amides is 1. The lowest BCUT2D eigenvalue weighted by Gasteiger charge is -2.14. The fourth-order valence-corrected chi connectivity index (χ4v) is 3.61. The molecule has 0 saturated heterocycles. The molecule has 7 heteroatoms. The summed E-state index contributed by atoms with van der Waals surface area (Å²) in [6.45, 7) is 0.292. The van der Waals surface area contributed by atoms with Crippen molar-refractivity contribution in [2.24, 2.45) is 0 Å². The average Bonchev–Trinajstić information content (AvgIpc) is 3.04. The number of carboxylic acid groups (broad SMARTS) is 1. The van der Waals surface area contributed by atoms with Crippen molar-refractivity contribution >= 4 is 23.6 Å². The van der Waals surface area contributed by atoms with Crippen LogP contribution in [0.15, 0.2) is 48.5 Å². The van der Waals surface area contributed by atoms with Gasteiger partial charge in [0.1, 0.15) is 24.6 Å². The van der Waals surface area contributed by atoms with Crippen LogP contribution in [0.3, 0.4) is 0 Å². The van der Waals surface area contributed by atoms with Crippen LogP contribution in [0.1, 0.15) is 42.7 Å². The van der Waals surface area contributed by atoms with E-state index in [1.54, 1.807) is 0 Å². The van der Waals surface area contributed by atoms with Gasteiger partial charge in [0.25, 0.3) is 0 Å². The molecule has 0 fully saturated rings. The fourth-order valence-electron chi connectivity index (χ4n) is 3.61. The van der Waals surface area contributed by atoms with Gasteiger partial charge in [-0.2, -0.15) is 0 Å². The number of ether oxygens (including phenoxy) is 1. The van der Waals surface area contributed by atoms with Crippen LogP contribution in [-0.2, 0) is 19.1 Å². The normalized spacial score (nSPS) is 12.0. The summed E-state index contributed by atoms with van der Waals surface area (Å²) < 4.78 is 5.38. The lowest BCUT2D eigenvalue weighted by atomic mass is 9.98. The van der Waals surface area contributed by atoms with Gasteiger partial charge in [0.2, 0.25) is 0 Å². The van der Waals surface area contributed by atoms with Crippen molar-refractivity contribution < 1.29 is 29.0 Å². The smallest absolute Gasteiger partial charge is 0.407 e. The molecule has 2 aromatic rings. The van der Waals surface area contributed by atoms with Crippen LogP contribution in [0.5, 0.6) is 0 Å². The summed E-state index contributed by atoms with van der Waals surface area (Å²) in [4.78, 5) is 45.5. The van der Waals surface area contributed by atoms with Gasteiger partial charge in [-0.1, -0.05) is 48.5 Å². The minimum atomic E-state index is -1.20. The minimum absolute atomic E-state index is 0.0293. The zero-order valence-corrected chi connectivity index (χ0v) is 16.4. The van der Waals surface area contributed by atoms with Crippen LogP contribution < -0.4 is 5.32 Å². The second kappa shape index (κ2) is 9.82. The van der Waals surface area contributed by atoms with Crippen molar-refractivity contribution in [3.63, 3.8) is 0 Å². The molecule has 156 valence electrons. The van der Waals surface area contributed by atoms with E-state index in [0.29, 0.717) is 0 Å². The third kappa shape index (κ3) is 5.31. The van der Waals surface area contributed by atoms with E-state index in [4.69, 9.17) is 9.84 Å². The number of nitrogens with one attached hydrogen (secondary N) is 1. The van der Waals surface area contributed by atoms with Crippen molar-refractivity contribution in [2.45, 2.75) is 31.6 Å². The number of Topliss-reactive ketones (excluding diaryl/α,β-unsaturated/α-hetero) is 2. The van der Waals surface area contributed by atoms with E-state index < -0.39 is 24.3 Å². The first-order valence-electron chi connectivity index (χ1n) is 9.79. The largest absolute Gasteiger partial charge is 0.481 e. The maximum atomic E-state index is 12.0. The Morgan fingerprint density at radius 2 is 1.40 bits per heavy atom. The van der Waals surface area contributed by atoms with E-state index in [9.17, 15) is 19.2 Å². The molecule has 2 N–H and O–H groups in total. The van der Waals surface area contributed by atoms with Crippen LogP contribution in [0.4, 0.5) is 4.79 Å². The number of hydrogen-bond acceptors (Lipinski definition) is 5. The molecule has 30 heavy (non-hydrogen) atoms. The van der Waals surface area contributed by atoms with E-state index in [2.05, 4.69) is 17.4 Å². The number of fused-ring (bicyclic) bond motifs is 3. The molecule has 3 rings (SSSR count). The zero-order chi connectivity index (χ0) is 21.5. The summed E-state index contributed by atoms with van der Waals surface area (Å²) in [5.41, 5.74) is 4.52. The minimum Gasteiger partial charge on any atom is -0.481 e. The second-order valence-electron chi connectivity index (χ2n) is 7.15. The molecule has 0 aromatic heterocycles. The number of carbonyl (C=O) groups excluding carboxylic acids is 3. The Kier molecular flexibility index (Phi) is 6.95. The van der Waals surface area contributed by atoms with Gasteiger partial charge in [-0.15, -0.1) is 0 Å². The lowest BCUT2D eigenvalue weighted by molar-refractivity contribution is -0.140. The SMILES string of the molecule is O=C(O)CC(=O)CCC(=O)CCNC(=O)OCC1c2ccccc2-c2ccccc21. The van der Waals surface area contributed by atoms with Gasteiger partial charge in [-0.25, -0.2) is 4.79 Å². The molecular formula is C23H23NO6. The number of carbonyl (C=O) groups is 4. The van der Waals surface area contributed by atoms with E-state index in [1.165, 1.54) is 0 Å². The summed E-state index contributed by atoms with van der Waals surface area (Å²) in [6, 6.07) is 16.1. The van der Waals surface area contributed by atoms with Crippen LogP contribution in [0, 0.1) is 0 Å². The highest BCUT2D eigenvalue weighted by Gasteiger charge is 2.28. The van der Waals surface area contributed by atoms with Crippen LogP contribution in [0.25, 0.3) is 11.1 Å². The highest BCUT2D eigenvalue weighted by Crippen LogP contribution is 2.44. The van der Waals surface area contributed by atoms with Crippen molar-refractivity contribution in [2.75, 3.05) is 13.2 Å². The maximum Gasteiger partial charge on any atom is 0.407 e. The van der Waals surface area contributed by atoms with Crippen molar-refractivity contribution in [3.8, 4) is 11.1 Å². The Morgan fingerprint density at radius 1 is 0.833 bits per heavy atom. The Hall–Kier alpha value is -3.48. The molecule has 0 bridgehead atoms. The van der Waals surface area contributed by atoms with Crippen LogP contribution in [0.2, 0.25) is 0 Å². The van der Waals surface area contributed by atoms with Gasteiger partial charge >= 0.3 is 12.1 Å². The topological polar surface area (TPSA) is 110 Å². The van der Waals surface area contributed by atoms with Gasteiger partial charge in [0.05, 0.1) is 0 Å². The molecule has 2 aromatic carbocycles. The lowest BCUT2D eigenvalue weighted by Crippen LogP contribution is -2.28. The van der Waals surface area contributed by atoms with Crippen molar-refractivity contribution in [1.29, 1.82) is 0 Å². The number of alkyl carbamates (subject to hydrolysis) is 1. The number of hydrogen-bond donors (Lipinski definition) is 2. The third-order valence-electron chi connectivity index (χ3n) is 5.05. The Bertz CT molecular complexity index is 922. The second-order valence-corrected chi connectivity index (χ2v) is 7.15. The molecule has 0 spiro atoms. The Labute approximate surface area is 174 Å². The molecule has 0 unspecified atom stereocenters. The first kappa shape index (κ1) is 21.2. The van der Waals surface area contributed by atoms with Gasteiger partial charge < -0.3 is 15.2 Å². The molecular weight excluding hydrogens is 386 g/mol. The van der Waals surface area contributed by atoms with Crippen LogP contribution in [-0.4, -0.2) is 41.9 Å². The van der Waals surface area contributed by atoms with Crippen LogP contribution >= 0.6 is 0 Å². The molecule has 1 aliphatic rings. The standard InChI is InChI=1S/C23H23NO6/c25-15(9-10-16(26)13-22(27)28)11-12-24-23(29)30-14-21-19-7-3-1-5-17(19)18-6-2-4-8-20(18)21/h1-8,21H,9-14H2,(H,24,29)(H,27,28). The van der Waals surface area contributed by atoms with Gasteiger partial charge in [0, 0.05) is 31.7 Å². The predicted molar refractivity (Wildman–Crippen MR) is 109 cm³/mol.